The number of anilines is 1. The summed E-state index contributed by atoms with van der Waals surface area (Å²) in [5, 5.41) is 12.9. The number of hydrogen-bond acceptors (Lipinski definition) is 5. The van der Waals surface area contributed by atoms with Gasteiger partial charge in [0.15, 0.2) is 0 Å². The number of aliphatic hydroxyl groups excluding tert-OH is 1. The highest BCUT2D eigenvalue weighted by atomic mass is 16.6. The molecule has 2 atom stereocenters. The van der Waals surface area contributed by atoms with Crippen LogP contribution in [0.1, 0.15) is 11.8 Å². The van der Waals surface area contributed by atoms with Crippen LogP contribution in [0.15, 0.2) is 24.3 Å². The summed E-state index contributed by atoms with van der Waals surface area (Å²) >= 11 is 0. The lowest BCUT2D eigenvalue weighted by Crippen LogP contribution is -2.38. The molecule has 0 aliphatic carbocycles. The van der Waals surface area contributed by atoms with Gasteiger partial charge < -0.3 is 20.3 Å². The molecule has 0 aromatic heterocycles. The summed E-state index contributed by atoms with van der Waals surface area (Å²) in [5.41, 5.74) is 7.05. The first-order valence-electron chi connectivity index (χ1n) is 5.72. The molecule has 94 valence electrons. The largest absolute Gasteiger partial charge is 0.399 e. The molecule has 1 aliphatic heterocycles. The summed E-state index contributed by atoms with van der Waals surface area (Å²) in [4.78, 5) is 0. The van der Waals surface area contributed by atoms with Crippen molar-refractivity contribution in [1.29, 1.82) is 0 Å². The Bertz CT molecular complexity index is 336. The average molecular weight is 238 g/mol. The van der Waals surface area contributed by atoms with Crippen LogP contribution in [0.3, 0.4) is 0 Å². The second kappa shape index (κ2) is 5.97. The summed E-state index contributed by atoms with van der Waals surface area (Å²) < 4.78 is 10.7. The first kappa shape index (κ1) is 12.3. The van der Waals surface area contributed by atoms with Gasteiger partial charge in [-0.25, -0.2) is 0 Å². The van der Waals surface area contributed by atoms with Crippen LogP contribution in [0.5, 0.6) is 0 Å². The number of rotatable bonds is 4. The van der Waals surface area contributed by atoms with Crippen molar-refractivity contribution in [3.05, 3.63) is 29.8 Å². The predicted molar refractivity (Wildman–Crippen MR) is 64.4 cm³/mol. The first-order chi connectivity index (χ1) is 8.25. The van der Waals surface area contributed by atoms with E-state index in [9.17, 15) is 5.11 Å². The van der Waals surface area contributed by atoms with E-state index < -0.39 is 6.23 Å². The molecule has 0 spiro atoms. The lowest BCUT2D eigenvalue weighted by Gasteiger charge is -2.24. The van der Waals surface area contributed by atoms with Crippen molar-refractivity contribution in [2.24, 2.45) is 0 Å². The Morgan fingerprint density at radius 3 is 2.76 bits per heavy atom. The van der Waals surface area contributed by atoms with Gasteiger partial charge in [0.2, 0.25) is 0 Å². The Kier molecular flexibility index (Phi) is 4.33. The van der Waals surface area contributed by atoms with E-state index in [1.165, 1.54) is 0 Å². The van der Waals surface area contributed by atoms with E-state index >= 15 is 0 Å². The van der Waals surface area contributed by atoms with Gasteiger partial charge in [-0.15, -0.1) is 0 Å². The van der Waals surface area contributed by atoms with E-state index in [-0.39, 0.29) is 6.10 Å². The van der Waals surface area contributed by atoms with Gasteiger partial charge in [0.1, 0.15) is 6.23 Å². The topological polar surface area (TPSA) is 76.7 Å². The molecule has 2 unspecified atom stereocenters. The summed E-state index contributed by atoms with van der Waals surface area (Å²) in [6.07, 6.45) is -0.701. The Labute approximate surface area is 101 Å². The molecule has 0 saturated carbocycles. The fraction of sp³-hybridized carbons (Fsp3) is 0.500. The third kappa shape index (κ3) is 3.67. The highest BCUT2D eigenvalue weighted by Gasteiger charge is 2.15. The minimum absolute atomic E-state index is 0.00665. The molecule has 1 heterocycles. The first-order valence-corrected chi connectivity index (χ1v) is 5.72. The molecule has 0 bridgehead atoms. The van der Waals surface area contributed by atoms with Crippen molar-refractivity contribution >= 4 is 5.69 Å². The molecular weight excluding hydrogens is 220 g/mol. The summed E-state index contributed by atoms with van der Waals surface area (Å²) in [6.45, 7) is 2.40. The minimum atomic E-state index is -0.707. The Balaban J connectivity index is 1.80. The van der Waals surface area contributed by atoms with E-state index in [4.69, 9.17) is 15.2 Å². The van der Waals surface area contributed by atoms with Crippen LogP contribution in [-0.2, 0) is 9.47 Å². The Hall–Kier alpha value is -1.14. The molecule has 17 heavy (non-hydrogen) atoms. The van der Waals surface area contributed by atoms with Crippen LogP contribution in [0, 0.1) is 0 Å². The molecule has 2 rings (SSSR count). The van der Waals surface area contributed by atoms with Crippen LogP contribution in [0.4, 0.5) is 5.69 Å². The van der Waals surface area contributed by atoms with Gasteiger partial charge in [0.05, 0.1) is 25.9 Å². The number of hydrogen-bond donors (Lipinski definition) is 3. The minimum Gasteiger partial charge on any atom is -0.399 e. The number of nitrogens with two attached hydrogens (primary N) is 1. The van der Waals surface area contributed by atoms with Crippen molar-refractivity contribution in [1.82, 2.24) is 5.32 Å². The smallest absolute Gasteiger partial charge is 0.131 e. The average Bonchev–Trinajstić information content (AvgIpc) is 2.38. The molecule has 1 aliphatic rings. The van der Waals surface area contributed by atoms with Crippen molar-refractivity contribution in [2.45, 2.75) is 12.3 Å². The molecule has 0 amide bonds. The lowest BCUT2D eigenvalue weighted by molar-refractivity contribution is -0.0899. The number of ether oxygens (including phenoxy) is 2. The number of benzene rings is 1. The van der Waals surface area contributed by atoms with Crippen molar-refractivity contribution in [3.8, 4) is 0 Å². The van der Waals surface area contributed by atoms with Gasteiger partial charge in [-0.3, -0.25) is 5.32 Å². The highest BCUT2D eigenvalue weighted by Crippen LogP contribution is 2.12. The zero-order valence-electron chi connectivity index (χ0n) is 9.63. The van der Waals surface area contributed by atoms with Crippen molar-refractivity contribution in [2.75, 3.05) is 32.1 Å². The van der Waals surface area contributed by atoms with Gasteiger partial charge in [-0.05, 0) is 17.7 Å². The second-order valence-electron chi connectivity index (χ2n) is 4.05. The zero-order chi connectivity index (χ0) is 12.1. The standard InChI is InChI=1S/C12H18N2O3/c13-10-3-1-9(2-4-10)12(15)14-7-11-8-16-5-6-17-11/h1-4,11-12,14-15H,5-8,13H2. The maximum absolute atomic E-state index is 9.89. The van der Waals surface area contributed by atoms with E-state index in [2.05, 4.69) is 5.32 Å². The molecular formula is C12H18N2O3. The van der Waals surface area contributed by atoms with Gasteiger partial charge in [-0.1, -0.05) is 12.1 Å². The van der Waals surface area contributed by atoms with E-state index in [0.717, 1.165) is 5.56 Å². The number of nitrogens with one attached hydrogen (secondary N) is 1. The van der Waals surface area contributed by atoms with Crippen LogP contribution < -0.4 is 11.1 Å². The van der Waals surface area contributed by atoms with Crippen LogP contribution >= 0.6 is 0 Å². The SMILES string of the molecule is Nc1ccc(C(O)NCC2COCCO2)cc1. The maximum Gasteiger partial charge on any atom is 0.131 e. The Morgan fingerprint density at radius 2 is 2.12 bits per heavy atom. The highest BCUT2D eigenvalue weighted by molar-refractivity contribution is 5.39. The summed E-state index contributed by atoms with van der Waals surface area (Å²) in [6, 6.07) is 7.12. The van der Waals surface area contributed by atoms with Crippen LogP contribution in [0.25, 0.3) is 0 Å². The Morgan fingerprint density at radius 1 is 1.35 bits per heavy atom. The molecule has 1 saturated heterocycles. The van der Waals surface area contributed by atoms with E-state index in [0.29, 0.717) is 32.1 Å². The molecule has 4 N–H and O–H groups in total. The lowest BCUT2D eigenvalue weighted by atomic mass is 10.2. The molecule has 1 fully saturated rings. The van der Waals surface area contributed by atoms with E-state index in [1.54, 1.807) is 24.3 Å². The van der Waals surface area contributed by atoms with Crippen LogP contribution in [0.2, 0.25) is 0 Å². The van der Waals surface area contributed by atoms with Crippen LogP contribution in [-0.4, -0.2) is 37.6 Å². The summed E-state index contributed by atoms with van der Waals surface area (Å²) in [7, 11) is 0. The molecule has 5 heteroatoms. The monoisotopic (exact) mass is 238 g/mol. The molecule has 1 aromatic carbocycles. The van der Waals surface area contributed by atoms with Gasteiger partial charge in [0, 0.05) is 12.2 Å². The summed E-state index contributed by atoms with van der Waals surface area (Å²) in [5.74, 6) is 0. The van der Waals surface area contributed by atoms with Crippen molar-refractivity contribution < 1.29 is 14.6 Å². The van der Waals surface area contributed by atoms with Gasteiger partial charge >= 0.3 is 0 Å². The molecule has 0 radical (unpaired) electrons. The third-order valence-electron chi connectivity index (χ3n) is 2.68. The fourth-order valence-electron chi connectivity index (χ4n) is 1.69. The predicted octanol–water partition coefficient (Wildman–Crippen LogP) is 0.265. The third-order valence-corrected chi connectivity index (χ3v) is 2.68. The van der Waals surface area contributed by atoms with Gasteiger partial charge in [-0.2, -0.15) is 0 Å². The maximum atomic E-state index is 9.89. The quantitative estimate of drug-likeness (QED) is 0.518. The fourth-order valence-corrected chi connectivity index (χ4v) is 1.69. The normalized spacial score (nSPS) is 22.3. The van der Waals surface area contributed by atoms with E-state index in [1.807, 2.05) is 0 Å². The molecule has 5 nitrogen and oxygen atoms in total. The van der Waals surface area contributed by atoms with Crippen molar-refractivity contribution in [3.63, 3.8) is 0 Å². The molecule has 1 aromatic rings. The number of nitrogen functional groups attached to an aromatic ring is 1. The number of aliphatic hydroxyl groups is 1. The van der Waals surface area contributed by atoms with Gasteiger partial charge in [0.25, 0.3) is 0 Å². The second-order valence-corrected chi connectivity index (χ2v) is 4.05. The zero-order valence-corrected chi connectivity index (χ0v) is 9.63.